The van der Waals surface area contributed by atoms with Gasteiger partial charge in [0.2, 0.25) is 0 Å². The van der Waals surface area contributed by atoms with Crippen molar-refractivity contribution in [3.63, 3.8) is 0 Å². The Morgan fingerprint density at radius 2 is 2.07 bits per heavy atom. The maximum atomic E-state index is 13.6. The third-order valence-corrected chi connectivity index (χ3v) is 2.58. The summed E-state index contributed by atoms with van der Waals surface area (Å²) >= 11 is 3.31. The second-order valence-corrected chi connectivity index (χ2v) is 4.23. The van der Waals surface area contributed by atoms with Crippen molar-refractivity contribution in [2.75, 3.05) is 6.54 Å². The highest BCUT2D eigenvalue weighted by Crippen LogP contribution is 2.24. The summed E-state index contributed by atoms with van der Waals surface area (Å²) in [6, 6.07) is 3.12. The largest absolute Gasteiger partial charge is 0.330 e. The molecule has 15 heavy (non-hydrogen) atoms. The Balaban J connectivity index is 0.00000196. The van der Waals surface area contributed by atoms with Crippen LogP contribution in [0, 0.1) is 12.7 Å². The molecule has 4 N–H and O–H groups in total. The predicted molar refractivity (Wildman–Crippen MR) is 66.7 cm³/mol. The van der Waals surface area contributed by atoms with Crippen LogP contribution in [0.15, 0.2) is 16.6 Å². The molecule has 0 heterocycles. The van der Waals surface area contributed by atoms with Gasteiger partial charge in [-0.1, -0.05) is 15.9 Å². The van der Waals surface area contributed by atoms with Gasteiger partial charge >= 0.3 is 0 Å². The van der Waals surface area contributed by atoms with Crippen LogP contribution in [0.3, 0.4) is 0 Å². The van der Waals surface area contributed by atoms with Crippen molar-refractivity contribution in [1.29, 1.82) is 0 Å². The first kappa shape index (κ1) is 14.8. The third kappa shape index (κ3) is 3.72. The molecule has 5 heteroatoms. The molecule has 0 aliphatic carbocycles. The minimum Gasteiger partial charge on any atom is -0.330 e. The molecule has 1 aromatic rings. The van der Waals surface area contributed by atoms with Gasteiger partial charge < -0.3 is 11.5 Å². The maximum absolute atomic E-state index is 13.6. The van der Waals surface area contributed by atoms with Gasteiger partial charge in [-0.2, -0.15) is 0 Å². The zero-order chi connectivity index (χ0) is 10.7. The fraction of sp³-hybridized carbons (Fsp3) is 0.400. The van der Waals surface area contributed by atoms with Gasteiger partial charge in [-0.25, -0.2) is 4.39 Å². The summed E-state index contributed by atoms with van der Waals surface area (Å²) in [6.07, 6.45) is 0.590. The average molecular weight is 298 g/mol. The molecule has 2 nitrogen and oxygen atoms in total. The molecule has 0 radical (unpaired) electrons. The molecule has 0 fully saturated rings. The van der Waals surface area contributed by atoms with Crippen LogP contribution in [0.5, 0.6) is 0 Å². The molecule has 0 spiro atoms. The van der Waals surface area contributed by atoms with E-state index >= 15 is 0 Å². The Bertz CT molecular complexity index is 333. The standard InChI is InChI=1S/C10H14BrFN2.ClH/c1-6-4-7(11)5-8(10(6)12)9(14)2-3-13;/h4-5,9H,2-3,13-14H2,1H3;1H/t9-;/m1./s1. The van der Waals surface area contributed by atoms with E-state index in [1.54, 1.807) is 19.1 Å². The van der Waals surface area contributed by atoms with E-state index in [0.717, 1.165) is 4.47 Å². The molecular weight excluding hydrogens is 282 g/mol. The van der Waals surface area contributed by atoms with Gasteiger partial charge in [0, 0.05) is 16.1 Å². The lowest BCUT2D eigenvalue weighted by molar-refractivity contribution is 0.560. The van der Waals surface area contributed by atoms with Gasteiger partial charge in [0.05, 0.1) is 0 Å². The fourth-order valence-corrected chi connectivity index (χ4v) is 1.95. The van der Waals surface area contributed by atoms with Gasteiger partial charge in [-0.3, -0.25) is 0 Å². The predicted octanol–water partition coefficient (Wildman–Crippen LogP) is 2.67. The van der Waals surface area contributed by atoms with Crippen molar-refractivity contribution in [3.8, 4) is 0 Å². The second kappa shape index (κ2) is 6.43. The lowest BCUT2D eigenvalue weighted by atomic mass is 10.0. The van der Waals surface area contributed by atoms with Crippen LogP contribution in [-0.2, 0) is 0 Å². The van der Waals surface area contributed by atoms with E-state index in [0.29, 0.717) is 24.1 Å². The molecule has 1 atom stereocenters. The molecule has 0 aromatic heterocycles. The van der Waals surface area contributed by atoms with E-state index in [2.05, 4.69) is 15.9 Å². The molecule has 1 rings (SSSR count). The van der Waals surface area contributed by atoms with E-state index in [4.69, 9.17) is 11.5 Å². The highest BCUT2D eigenvalue weighted by Gasteiger charge is 2.13. The fourth-order valence-electron chi connectivity index (χ4n) is 1.36. The Morgan fingerprint density at radius 3 is 2.60 bits per heavy atom. The van der Waals surface area contributed by atoms with Crippen LogP contribution >= 0.6 is 28.3 Å². The molecule has 0 aliphatic heterocycles. The van der Waals surface area contributed by atoms with Crippen LogP contribution in [0.1, 0.15) is 23.6 Å². The second-order valence-electron chi connectivity index (χ2n) is 3.31. The normalized spacial score (nSPS) is 12.1. The summed E-state index contributed by atoms with van der Waals surface area (Å²) in [5.74, 6) is -0.228. The number of hydrogen-bond donors (Lipinski definition) is 2. The first-order valence-corrected chi connectivity index (χ1v) is 5.26. The molecule has 0 saturated heterocycles. The molecule has 86 valence electrons. The summed E-state index contributed by atoms with van der Waals surface area (Å²) in [5, 5.41) is 0. The Hall–Kier alpha value is -0.160. The monoisotopic (exact) mass is 296 g/mol. The topological polar surface area (TPSA) is 52.0 Å². The van der Waals surface area contributed by atoms with Gasteiger partial charge in [0.15, 0.2) is 0 Å². The molecule has 0 saturated carbocycles. The minimum atomic E-state index is -0.323. The van der Waals surface area contributed by atoms with Gasteiger partial charge in [0.25, 0.3) is 0 Å². The van der Waals surface area contributed by atoms with Crippen molar-refractivity contribution in [2.45, 2.75) is 19.4 Å². The quantitative estimate of drug-likeness (QED) is 0.901. The first-order chi connectivity index (χ1) is 6.56. The van der Waals surface area contributed by atoms with Crippen LogP contribution < -0.4 is 11.5 Å². The van der Waals surface area contributed by atoms with Crippen LogP contribution in [0.25, 0.3) is 0 Å². The Kier molecular flexibility index (Phi) is 6.36. The highest BCUT2D eigenvalue weighted by molar-refractivity contribution is 9.10. The van der Waals surface area contributed by atoms with Gasteiger partial charge in [-0.05, 0) is 37.6 Å². The molecule has 0 bridgehead atoms. The SMILES string of the molecule is Cc1cc(Br)cc([C@H](N)CCN)c1F.Cl. The number of hydrogen-bond acceptors (Lipinski definition) is 2. The number of nitrogens with two attached hydrogens (primary N) is 2. The van der Waals surface area contributed by atoms with Crippen molar-refractivity contribution >= 4 is 28.3 Å². The molecular formula is C10H15BrClFN2. The Morgan fingerprint density at radius 1 is 1.47 bits per heavy atom. The summed E-state index contributed by atoms with van der Waals surface area (Å²) in [5.41, 5.74) is 12.3. The zero-order valence-electron chi connectivity index (χ0n) is 8.47. The maximum Gasteiger partial charge on any atom is 0.130 e. The average Bonchev–Trinajstić information content (AvgIpc) is 2.11. The molecule has 0 aliphatic rings. The van der Waals surface area contributed by atoms with Gasteiger partial charge in [0.1, 0.15) is 5.82 Å². The highest BCUT2D eigenvalue weighted by atomic mass is 79.9. The molecule has 0 unspecified atom stereocenters. The number of benzene rings is 1. The van der Waals surface area contributed by atoms with Gasteiger partial charge in [-0.15, -0.1) is 12.4 Å². The summed E-state index contributed by atoms with van der Waals surface area (Å²) in [4.78, 5) is 0. The van der Waals surface area contributed by atoms with Crippen molar-refractivity contribution in [2.24, 2.45) is 11.5 Å². The van der Waals surface area contributed by atoms with Crippen molar-refractivity contribution < 1.29 is 4.39 Å². The molecule has 1 aromatic carbocycles. The minimum absolute atomic E-state index is 0. The number of aryl methyl sites for hydroxylation is 1. The van der Waals surface area contributed by atoms with E-state index in [-0.39, 0.29) is 24.3 Å². The van der Waals surface area contributed by atoms with E-state index in [1.165, 1.54) is 0 Å². The summed E-state index contributed by atoms with van der Waals surface area (Å²) < 4.78 is 14.5. The number of rotatable bonds is 3. The van der Waals surface area contributed by atoms with Crippen LogP contribution in [-0.4, -0.2) is 6.54 Å². The summed E-state index contributed by atoms with van der Waals surface area (Å²) in [6.45, 7) is 2.19. The van der Waals surface area contributed by atoms with Crippen LogP contribution in [0.4, 0.5) is 4.39 Å². The third-order valence-electron chi connectivity index (χ3n) is 2.12. The zero-order valence-corrected chi connectivity index (χ0v) is 10.9. The van der Waals surface area contributed by atoms with Crippen LogP contribution in [0.2, 0.25) is 0 Å². The lowest BCUT2D eigenvalue weighted by Crippen LogP contribution is -2.17. The van der Waals surface area contributed by atoms with E-state index in [9.17, 15) is 4.39 Å². The molecule has 0 amide bonds. The smallest absolute Gasteiger partial charge is 0.130 e. The lowest BCUT2D eigenvalue weighted by Gasteiger charge is -2.13. The summed E-state index contributed by atoms with van der Waals surface area (Å²) in [7, 11) is 0. The Labute approximate surface area is 104 Å². The van der Waals surface area contributed by atoms with E-state index in [1.807, 2.05) is 0 Å². The van der Waals surface area contributed by atoms with E-state index < -0.39 is 0 Å². The van der Waals surface area contributed by atoms with Crippen molar-refractivity contribution in [3.05, 3.63) is 33.5 Å². The first-order valence-electron chi connectivity index (χ1n) is 4.47. The van der Waals surface area contributed by atoms with Crippen molar-refractivity contribution in [1.82, 2.24) is 0 Å². The number of halogens is 3.